The van der Waals surface area contributed by atoms with Crippen molar-refractivity contribution in [2.45, 2.75) is 43.8 Å². The molecule has 1 saturated carbocycles. The Balaban J connectivity index is 0.00000289. The Morgan fingerprint density at radius 1 is 1.09 bits per heavy atom. The van der Waals surface area contributed by atoms with Crippen LogP contribution in [0.15, 0.2) is 53.7 Å². The molecule has 0 saturated heterocycles. The Bertz CT molecular complexity index is 1070. The lowest BCUT2D eigenvalue weighted by Crippen LogP contribution is -2.44. The zero-order valence-corrected chi connectivity index (χ0v) is 20.0. The third kappa shape index (κ3) is 5.16. The molecule has 2 heterocycles. The van der Waals surface area contributed by atoms with Gasteiger partial charge in [-0.05, 0) is 36.6 Å². The summed E-state index contributed by atoms with van der Waals surface area (Å²) >= 11 is 0. The topological polar surface area (TPSA) is 66.6 Å². The first-order valence-corrected chi connectivity index (χ1v) is 10.3. The molecule has 0 unspecified atom stereocenters. The molecular weight excluding hydrogens is 532 g/mol. The maximum atomic E-state index is 13.2. The predicted molar refractivity (Wildman–Crippen MR) is 128 cm³/mol. The minimum atomic E-state index is -4.35. The van der Waals surface area contributed by atoms with Crippen LogP contribution in [-0.4, -0.2) is 34.2 Å². The van der Waals surface area contributed by atoms with E-state index in [4.69, 9.17) is 0 Å². The number of pyridine rings is 1. The molecule has 4 rings (SSSR count). The van der Waals surface area contributed by atoms with Gasteiger partial charge >= 0.3 is 6.18 Å². The minimum Gasteiger partial charge on any atom is -0.356 e. The first-order valence-electron chi connectivity index (χ1n) is 10.3. The first kappa shape index (κ1) is 24.3. The summed E-state index contributed by atoms with van der Waals surface area (Å²) in [4.78, 5) is 4.27. The van der Waals surface area contributed by atoms with Crippen molar-refractivity contribution in [3.63, 3.8) is 0 Å². The molecule has 0 atom stereocenters. The number of alkyl halides is 3. The van der Waals surface area contributed by atoms with Crippen LogP contribution in [0.5, 0.6) is 0 Å². The molecule has 6 nitrogen and oxygen atoms in total. The van der Waals surface area contributed by atoms with E-state index in [1.807, 2.05) is 28.8 Å². The Kier molecular flexibility index (Phi) is 7.63. The van der Waals surface area contributed by atoms with Gasteiger partial charge in [0.2, 0.25) is 0 Å². The summed E-state index contributed by atoms with van der Waals surface area (Å²) in [6.45, 7) is 0.927. The number of aromatic nitrogens is 3. The van der Waals surface area contributed by atoms with Crippen LogP contribution in [0.25, 0.3) is 5.65 Å². The van der Waals surface area contributed by atoms with Gasteiger partial charge in [-0.15, -0.1) is 34.2 Å². The highest BCUT2D eigenvalue weighted by atomic mass is 127. The highest BCUT2D eigenvalue weighted by molar-refractivity contribution is 14.0. The number of nitrogens with zero attached hydrogens (tertiary/aromatic N) is 4. The molecule has 10 heteroatoms. The second-order valence-corrected chi connectivity index (χ2v) is 7.89. The van der Waals surface area contributed by atoms with E-state index >= 15 is 0 Å². The van der Waals surface area contributed by atoms with E-state index < -0.39 is 11.7 Å². The molecule has 0 spiro atoms. The Morgan fingerprint density at radius 3 is 2.59 bits per heavy atom. The van der Waals surface area contributed by atoms with Gasteiger partial charge < -0.3 is 10.6 Å². The maximum Gasteiger partial charge on any atom is 0.416 e. The van der Waals surface area contributed by atoms with Crippen LogP contribution in [0.3, 0.4) is 0 Å². The van der Waals surface area contributed by atoms with Gasteiger partial charge in [0.1, 0.15) is 0 Å². The van der Waals surface area contributed by atoms with Crippen LogP contribution in [0.2, 0.25) is 0 Å². The number of nitrogens with one attached hydrogen (secondary N) is 2. The van der Waals surface area contributed by atoms with Gasteiger partial charge in [-0.3, -0.25) is 9.39 Å². The second-order valence-electron chi connectivity index (χ2n) is 7.89. The number of guanidine groups is 1. The Morgan fingerprint density at radius 2 is 1.88 bits per heavy atom. The van der Waals surface area contributed by atoms with Crippen molar-refractivity contribution < 1.29 is 13.2 Å². The number of hydrogen-bond acceptors (Lipinski definition) is 3. The summed E-state index contributed by atoms with van der Waals surface area (Å²) in [5.74, 6) is 1.32. The van der Waals surface area contributed by atoms with Gasteiger partial charge in [0.25, 0.3) is 0 Å². The van der Waals surface area contributed by atoms with E-state index in [2.05, 4.69) is 25.8 Å². The third-order valence-electron chi connectivity index (χ3n) is 5.98. The second kappa shape index (κ2) is 10.1. The molecule has 2 N–H and O–H groups in total. The van der Waals surface area contributed by atoms with Crippen molar-refractivity contribution in [1.82, 2.24) is 25.2 Å². The molecule has 0 aliphatic heterocycles. The summed E-state index contributed by atoms with van der Waals surface area (Å²) < 4.78 is 41.6. The molecule has 2 aromatic heterocycles. The number of rotatable bonds is 5. The quantitative estimate of drug-likeness (QED) is 0.274. The lowest BCUT2D eigenvalue weighted by atomic mass is 9.78. The smallest absolute Gasteiger partial charge is 0.356 e. The van der Waals surface area contributed by atoms with Crippen molar-refractivity contribution in [2.75, 3.05) is 13.6 Å². The van der Waals surface area contributed by atoms with Crippen molar-refractivity contribution in [2.24, 2.45) is 4.99 Å². The summed E-state index contributed by atoms with van der Waals surface area (Å²) in [6.07, 6.45) is 1.22. The summed E-state index contributed by atoms with van der Waals surface area (Å²) in [5.41, 5.74) is 0.542. The van der Waals surface area contributed by atoms with Crippen LogP contribution in [0, 0.1) is 0 Å². The molecule has 0 amide bonds. The highest BCUT2D eigenvalue weighted by Crippen LogP contribution is 2.42. The van der Waals surface area contributed by atoms with Crippen LogP contribution in [0.4, 0.5) is 13.2 Å². The van der Waals surface area contributed by atoms with Crippen molar-refractivity contribution in [3.05, 3.63) is 65.6 Å². The molecule has 1 aliphatic rings. The monoisotopic (exact) mass is 558 g/mol. The van der Waals surface area contributed by atoms with E-state index in [0.29, 0.717) is 19.0 Å². The van der Waals surface area contributed by atoms with Crippen molar-refractivity contribution >= 4 is 35.6 Å². The molecular formula is C22H26F3IN6. The standard InChI is InChI=1S/C22H25F3N6.HI/c1-26-20(27-14-19-30-29-18-9-2-5-12-31(18)19)28-15-21(10-3-4-11-21)16-7-6-8-17(13-16)22(23,24)25;/h2,5-9,12-13H,3-4,10-11,14-15H2,1H3,(H2,26,27,28);1H. The van der Waals surface area contributed by atoms with Gasteiger partial charge in [-0.2, -0.15) is 13.2 Å². The molecule has 32 heavy (non-hydrogen) atoms. The van der Waals surface area contributed by atoms with Gasteiger partial charge in [0.05, 0.1) is 12.1 Å². The number of benzene rings is 1. The van der Waals surface area contributed by atoms with E-state index in [0.717, 1.165) is 48.8 Å². The summed E-state index contributed by atoms with van der Waals surface area (Å²) in [7, 11) is 1.67. The zero-order valence-electron chi connectivity index (χ0n) is 17.7. The van der Waals surface area contributed by atoms with E-state index in [-0.39, 0.29) is 29.4 Å². The fraction of sp³-hybridized carbons (Fsp3) is 0.409. The van der Waals surface area contributed by atoms with Crippen LogP contribution in [-0.2, 0) is 18.1 Å². The lowest BCUT2D eigenvalue weighted by molar-refractivity contribution is -0.137. The van der Waals surface area contributed by atoms with Crippen LogP contribution >= 0.6 is 24.0 Å². The fourth-order valence-corrected chi connectivity index (χ4v) is 4.29. The van der Waals surface area contributed by atoms with E-state index in [1.54, 1.807) is 13.1 Å². The maximum absolute atomic E-state index is 13.2. The predicted octanol–water partition coefficient (Wildman–Crippen LogP) is 4.54. The molecule has 1 fully saturated rings. The first-order chi connectivity index (χ1) is 14.9. The van der Waals surface area contributed by atoms with Gasteiger partial charge in [-0.1, -0.05) is 37.1 Å². The van der Waals surface area contributed by atoms with E-state index in [9.17, 15) is 13.2 Å². The normalized spacial score (nSPS) is 16.1. The van der Waals surface area contributed by atoms with E-state index in [1.165, 1.54) is 12.1 Å². The number of halogens is 4. The van der Waals surface area contributed by atoms with Crippen LogP contribution in [0.1, 0.15) is 42.6 Å². The highest BCUT2D eigenvalue weighted by Gasteiger charge is 2.38. The number of hydrogen-bond donors (Lipinski definition) is 2. The average molecular weight is 558 g/mol. The van der Waals surface area contributed by atoms with Crippen molar-refractivity contribution in [1.29, 1.82) is 0 Å². The van der Waals surface area contributed by atoms with Gasteiger partial charge in [0.15, 0.2) is 17.4 Å². The van der Waals surface area contributed by atoms with Gasteiger partial charge in [-0.25, -0.2) is 0 Å². The summed E-state index contributed by atoms with van der Waals surface area (Å²) in [6, 6.07) is 11.4. The average Bonchev–Trinajstić information content (AvgIpc) is 3.41. The molecule has 0 radical (unpaired) electrons. The number of fused-ring (bicyclic) bond motifs is 1. The molecule has 1 aromatic carbocycles. The summed E-state index contributed by atoms with van der Waals surface area (Å²) in [5, 5.41) is 14.9. The molecule has 172 valence electrons. The molecule has 0 bridgehead atoms. The van der Waals surface area contributed by atoms with Crippen molar-refractivity contribution in [3.8, 4) is 0 Å². The fourth-order valence-electron chi connectivity index (χ4n) is 4.29. The third-order valence-corrected chi connectivity index (χ3v) is 5.98. The van der Waals surface area contributed by atoms with Gasteiger partial charge in [0, 0.05) is 25.2 Å². The Hall–Kier alpha value is -2.37. The molecule has 3 aromatic rings. The largest absolute Gasteiger partial charge is 0.416 e. The lowest BCUT2D eigenvalue weighted by Gasteiger charge is -2.31. The molecule has 1 aliphatic carbocycles. The SMILES string of the molecule is CN=C(NCc1nnc2ccccn12)NCC1(c2cccc(C(F)(F)F)c2)CCCC1.I. The Labute approximate surface area is 201 Å². The minimum absolute atomic E-state index is 0. The zero-order chi connectivity index (χ0) is 21.9. The van der Waals surface area contributed by atoms with Crippen LogP contribution < -0.4 is 10.6 Å². The number of aliphatic imine (C=N–C) groups is 1.